The molecule has 20 heavy (non-hydrogen) atoms. The molecule has 0 aliphatic heterocycles. The van der Waals surface area contributed by atoms with Gasteiger partial charge >= 0.3 is 0 Å². The number of carbonyl (C=O) groups excluding carboxylic acids is 1. The fourth-order valence-corrected chi connectivity index (χ4v) is 4.21. The Hall–Kier alpha value is -1.11. The van der Waals surface area contributed by atoms with Gasteiger partial charge in [0.1, 0.15) is 5.78 Å². The van der Waals surface area contributed by atoms with E-state index in [1.807, 2.05) is 0 Å². The molecule has 0 amide bonds. The van der Waals surface area contributed by atoms with Crippen molar-refractivity contribution in [1.82, 2.24) is 0 Å². The van der Waals surface area contributed by atoms with E-state index in [0.29, 0.717) is 17.6 Å². The predicted molar refractivity (Wildman–Crippen MR) is 82.9 cm³/mol. The fraction of sp³-hybridized carbons (Fsp3) is 0.632. The first kappa shape index (κ1) is 13.9. The Balaban J connectivity index is 1.65. The van der Waals surface area contributed by atoms with Gasteiger partial charge in [0.05, 0.1) is 0 Å². The fourth-order valence-electron chi connectivity index (χ4n) is 4.21. The van der Waals surface area contributed by atoms with Gasteiger partial charge in [0.25, 0.3) is 0 Å². The van der Waals surface area contributed by atoms with Crippen LogP contribution in [0.2, 0.25) is 0 Å². The van der Waals surface area contributed by atoms with Crippen molar-refractivity contribution in [3.8, 4) is 0 Å². The summed E-state index contributed by atoms with van der Waals surface area (Å²) in [6.07, 6.45) is 9.25. The van der Waals surface area contributed by atoms with E-state index in [1.165, 1.54) is 43.2 Å². The molecule has 1 aromatic rings. The molecule has 1 heteroatoms. The molecule has 0 bridgehead atoms. The molecule has 1 nitrogen and oxygen atoms in total. The molecule has 1 aromatic carbocycles. The third-order valence-corrected chi connectivity index (χ3v) is 5.52. The number of Topliss-reactive ketones (excluding diaryl/α,β-unsaturated/α-hetero) is 1. The van der Waals surface area contributed by atoms with E-state index in [4.69, 9.17) is 0 Å². The number of carbonyl (C=O) groups is 1. The lowest BCUT2D eigenvalue weighted by molar-refractivity contribution is -0.123. The summed E-state index contributed by atoms with van der Waals surface area (Å²) >= 11 is 0. The molecule has 2 aliphatic carbocycles. The zero-order valence-electron chi connectivity index (χ0n) is 12.6. The molecule has 3 atom stereocenters. The molecule has 0 spiro atoms. The van der Waals surface area contributed by atoms with Crippen LogP contribution in [0.5, 0.6) is 0 Å². The Morgan fingerprint density at radius 3 is 2.85 bits per heavy atom. The van der Waals surface area contributed by atoms with Gasteiger partial charge in [-0.25, -0.2) is 0 Å². The molecule has 3 rings (SSSR count). The van der Waals surface area contributed by atoms with Gasteiger partial charge in [0.2, 0.25) is 0 Å². The number of benzene rings is 1. The van der Waals surface area contributed by atoms with Crippen LogP contribution in [0.25, 0.3) is 0 Å². The van der Waals surface area contributed by atoms with Crippen LogP contribution in [0.15, 0.2) is 24.3 Å². The van der Waals surface area contributed by atoms with Gasteiger partial charge in [-0.1, -0.05) is 37.6 Å². The topological polar surface area (TPSA) is 17.1 Å². The zero-order chi connectivity index (χ0) is 13.9. The average Bonchev–Trinajstić information content (AvgIpc) is 2.97. The molecule has 0 radical (unpaired) electrons. The Bertz CT molecular complexity index is 476. The third kappa shape index (κ3) is 2.82. The molecule has 1 fully saturated rings. The minimum atomic E-state index is 0.369. The van der Waals surface area contributed by atoms with Crippen molar-refractivity contribution >= 4 is 5.78 Å². The SMILES string of the molecule is CCC1CCC(C(=O)CC2CCCc3ccccc32)C1. The van der Waals surface area contributed by atoms with Gasteiger partial charge in [-0.2, -0.15) is 0 Å². The van der Waals surface area contributed by atoms with Gasteiger partial charge in [0.15, 0.2) is 0 Å². The highest BCUT2D eigenvalue weighted by atomic mass is 16.1. The molecule has 1 saturated carbocycles. The summed E-state index contributed by atoms with van der Waals surface area (Å²) in [6, 6.07) is 8.75. The van der Waals surface area contributed by atoms with E-state index >= 15 is 0 Å². The zero-order valence-corrected chi connectivity index (χ0v) is 12.6. The lowest BCUT2D eigenvalue weighted by Gasteiger charge is -2.25. The smallest absolute Gasteiger partial charge is 0.136 e. The number of ketones is 1. The maximum atomic E-state index is 12.6. The van der Waals surface area contributed by atoms with Crippen LogP contribution in [0, 0.1) is 11.8 Å². The Kier molecular flexibility index (Phi) is 4.24. The largest absolute Gasteiger partial charge is 0.299 e. The van der Waals surface area contributed by atoms with Crippen molar-refractivity contribution in [3.05, 3.63) is 35.4 Å². The van der Waals surface area contributed by atoms with E-state index in [-0.39, 0.29) is 0 Å². The first-order valence-corrected chi connectivity index (χ1v) is 8.38. The number of hydrogen-bond acceptors (Lipinski definition) is 1. The lowest BCUT2D eigenvalue weighted by Crippen LogP contribution is -2.18. The molecular formula is C19H26O. The maximum Gasteiger partial charge on any atom is 0.136 e. The average molecular weight is 270 g/mol. The van der Waals surface area contributed by atoms with Crippen LogP contribution in [-0.4, -0.2) is 5.78 Å². The molecular weight excluding hydrogens is 244 g/mol. The van der Waals surface area contributed by atoms with Crippen LogP contribution in [0.1, 0.15) is 68.9 Å². The number of aryl methyl sites for hydroxylation is 1. The summed E-state index contributed by atoms with van der Waals surface area (Å²) in [5.41, 5.74) is 2.94. The molecule has 0 aromatic heterocycles. The minimum absolute atomic E-state index is 0.369. The highest BCUT2D eigenvalue weighted by Crippen LogP contribution is 2.38. The van der Waals surface area contributed by atoms with Gasteiger partial charge in [0, 0.05) is 12.3 Å². The van der Waals surface area contributed by atoms with Crippen molar-refractivity contribution in [2.45, 2.75) is 64.2 Å². The van der Waals surface area contributed by atoms with E-state index in [2.05, 4.69) is 31.2 Å². The van der Waals surface area contributed by atoms with Crippen molar-refractivity contribution in [2.24, 2.45) is 11.8 Å². The minimum Gasteiger partial charge on any atom is -0.299 e. The van der Waals surface area contributed by atoms with Gasteiger partial charge in [-0.3, -0.25) is 4.79 Å². The lowest BCUT2D eigenvalue weighted by atomic mass is 9.78. The Morgan fingerprint density at radius 1 is 1.20 bits per heavy atom. The Morgan fingerprint density at radius 2 is 2.05 bits per heavy atom. The van der Waals surface area contributed by atoms with Gasteiger partial charge in [-0.15, -0.1) is 0 Å². The number of hydrogen-bond donors (Lipinski definition) is 0. The summed E-state index contributed by atoms with van der Waals surface area (Å²) in [4.78, 5) is 12.6. The van der Waals surface area contributed by atoms with Crippen LogP contribution in [0.3, 0.4) is 0 Å². The summed E-state index contributed by atoms with van der Waals surface area (Å²) in [7, 11) is 0. The molecule has 3 unspecified atom stereocenters. The predicted octanol–water partition coefficient (Wildman–Crippen LogP) is 4.89. The van der Waals surface area contributed by atoms with Crippen molar-refractivity contribution < 1.29 is 4.79 Å². The molecule has 108 valence electrons. The number of rotatable bonds is 4. The molecule has 0 heterocycles. The number of fused-ring (bicyclic) bond motifs is 1. The van der Waals surface area contributed by atoms with Crippen LogP contribution >= 0.6 is 0 Å². The van der Waals surface area contributed by atoms with E-state index in [9.17, 15) is 4.79 Å². The van der Waals surface area contributed by atoms with E-state index < -0.39 is 0 Å². The molecule has 0 N–H and O–H groups in total. The molecule has 2 aliphatic rings. The summed E-state index contributed by atoms with van der Waals surface area (Å²) in [6.45, 7) is 2.26. The second-order valence-corrected chi connectivity index (χ2v) is 6.74. The van der Waals surface area contributed by atoms with E-state index in [1.54, 1.807) is 0 Å². The first-order valence-electron chi connectivity index (χ1n) is 8.38. The second-order valence-electron chi connectivity index (χ2n) is 6.74. The molecule has 0 saturated heterocycles. The van der Waals surface area contributed by atoms with Crippen LogP contribution in [-0.2, 0) is 11.2 Å². The van der Waals surface area contributed by atoms with Crippen LogP contribution in [0.4, 0.5) is 0 Å². The summed E-state index contributed by atoms with van der Waals surface area (Å²) in [5.74, 6) is 2.22. The second kappa shape index (κ2) is 6.11. The normalized spacial score (nSPS) is 29.1. The maximum absolute atomic E-state index is 12.6. The van der Waals surface area contributed by atoms with E-state index in [0.717, 1.165) is 25.2 Å². The van der Waals surface area contributed by atoms with Gasteiger partial charge < -0.3 is 0 Å². The standard InChI is InChI=1S/C19H26O/c1-2-14-10-11-17(12-14)19(20)13-16-8-5-7-15-6-3-4-9-18(15)16/h3-4,6,9,14,16-17H,2,5,7-8,10-13H2,1H3. The highest BCUT2D eigenvalue weighted by Gasteiger charge is 2.31. The highest BCUT2D eigenvalue weighted by molar-refractivity contribution is 5.82. The van der Waals surface area contributed by atoms with Gasteiger partial charge in [-0.05, 0) is 61.5 Å². The first-order chi connectivity index (χ1) is 9.78. The Labute approximate surface area is 122 Å². The quantitative estimate of drug-likeness (QED) is 0.761. The summed E-state index contributed by atoms with van der Waals surface area (Å²) < 4.78 is 0. The monoisotopic (exact) mass is 270 g/mol. The summed E-state index contributed by atoms with van der Waals surface area (Å²) in [5, 5.41) is 0. The third-order valence-electron chi connectivity index (χ3n) is 5.52. The van der Waals surface area contributed by atoms with Crippen molar-refractivity contribution in [1.29, 1.82) is 0 Å². The van der Waals surface area contributed by atoms with Crippen molar-refractivity contribution in [2.75, 3.05) is 0 Å². The van der Waals surface area contributed by atoms with Crippen molar-refractivity contribution in [3.63, 3.8) is 0 Å². The van der Waals surface area contributed by atoms with Crippen LogP contribution < -0.4 is 0 Å².